The monoisotopic (exact) mass is 601 g/mol. The van der Waals surface area contributed by atoms with Gasteiger partial charge >= 0.3 is 12.1 Å². The number of hydrogen-bond donors (Lipinski definition) is 3. The first kappa shape index (κ1) is 30.0. The van der Waals surface area contributed by atoms with Gasteiger partial charge in [-0.15, -0.1) is 11.3 Å². The maximum Gasteiger partial charge on any atom is 0.490 e. The summed E-state index contributed by atoms with van der Waals surface area (Å²) in [5.41, 5.74) is 6.67. The Morgan fingerprint density at radius 1 is 0.951 bits per heavy atom. The summed E-state index contributed by atoms with van der Waals surface area (Å²) in [5, 5.41) is 10.6. The highest BCUT2D eigenvalue weighted by atomic mass is 32.2. The molecule has 41 heavy (non-hydrogen) atoms. The van der Waals surface area contributed by atoms with Crippen LogP contribution in [0.1, 0.15) is 16.7 Å². The van der Waals surface area contributed by atoms with Gasteiger partial charge < -0.3 is 15.4 Å². The molecule has 5 rings (SSSR count). The van der Waals surface area contributed by atoms with Crippen molar-refractivity contribution < 1.29 is 31.5 Å². The van der Waals surface area contributed by atoms with E-state index in [-0.39, 0.29) is 0 Å². The molecule has 0 saturated carbocycles. The number of carboxylic acids is 1. The van der Waals surface area contributed by atoms with E-state index in [0.717, 1.165) is 33.8 Å². The molecule has 0 radical (unpaired) electrons. The number of carbonyl (C=O) groups is 1. The average molecular weight is 602 g/mol. The van der Waals surface area contributed by atoms with Crippen LogP contribution < -0.4 is 5.32 Å². The molecule has 0 aliphatic carbocycles. The van der Waals surface area contributed by atoms with Gasteiger partial charge in [-0.3, -0.25) is 0 Å². The van der Waals surface area contributed by atoms with Crippen LogP contribution in [0, 0.1) is 6.92 Å². The maximum atomic E-state index is 11.6. The number of halogens is 3. The maximum absolute atomic E-state index is 11.6. The number of benzene rings is 3. The first-order valence-corrected chi connectivity index (χ1v) is 15.0. The number of H-pyrrole nitrogens is 1. The molecule has 3 aromatic carbocycles. The predicted molar refractivity (Wildman–Crippen MR) is 153 cm³/mol. The molecule has 0 amide bonds. The Balaban J connectivity index is 0.000000493. The molecule has 0 aliphatic rings. The van der Waals surface area contributed by atoms with Crippen molar-refractivity contribution in [2.24, 2.45) is 0 Å². The summed E-state index contributed by atoms with van der Waals surface area (Å²) in [6.45, 7) is 3.47. The number of fused-ring (bicyclic) bond motifs is 1. The molecule has 2 aromatic heterocycles. The van der Waals surface area contributed by atoms with Crippen molar-refractivity contribution in [2.75, 3.05) is 6.26 Å². The van der Waals surface area contributed by atoms with E-state index in [1.54, 1.807) is 23.5 Å². The molecule has 214 valence electrons. The SMILES string of the molecule is Cc1cccc2[nH]c(-c3ccc(-c4cccc(CNCc5ccc(S(C)(=O)=O)cc5)c4)s3)nc12.O=C(O)C(F)(F)F. The highest BCUT2D eigenvalue weighted by Gasteiger charge is 2.38. The van der Waals surface area contributed by atoms with Crippen molar-refractivity contribution in [1.82, 2.24) is 15.3 Å². The van der Waals surface area contributed by atoms with Crippen LogP contribution in [0.2, 0.25) is 0 Å². The van der Waals surface area contributed by atoms with Gasteiger partial charge in [-0.2, -0.15) is 13.2 Å². The summed E-state index contributed by atoms with van der Waals surface area (Å²) < 4.78 is 55.0. The van der Waals surface area contributed by atoms with Crippen LogP contribution in [-0.2, 0) is 27.7 Å². The Kier molecular flexibility index (Phi) is 8.95. The fourth-order valence-corrected chi connectivity index (χ4v) is 5.53. The van der Waals surface area contributed by atoms with E-state index in [9.17, 15) is 21.6 Å². The lowest BCUT2D eigenvalue weighted by Crippen LogP contribution is -2.21. The number of imidazole rings is 1. The van der Waals surface area contributed by atoms with Gasteiger partial charge in [0.25, 0.3) is 0 Å². The number of alkyl halides is 3. The van der Waals surface area contributed by atoms with Gasteiger partial charge in [0.2, 0.25) is 0 Å². The molecular weight excluding hydrogens is 575 g/mol. The molecule has 2 heterocycles. The van der Waals surface area contributed by atoms with Crippen molar-refractivity contribution in [3.63, 3.8) is 0 Å². The molecular formula is C29H26F3N3O4S2. The molecule has 5 aromatic rings. The number of nitrogens with one attached hydrogen (secondary N) is 2. The number of aromatic amines is 1. The number of thiophene rings is 1. The number of sulfone groups is 1. The zero-order chi connectivity index (χ0) is 29.8. The first-order valence-electron chi connectivity index (χ1n) is 12.3. The minimum atomic E-state index is -5.08. The van der Waals surface area contributed by atoms with E-state index in [4.69, 9.17) is 14.9 Å². The second kappa shape index (κ2) is 12.2. The van der Waals surface area contributed by atoms with Crippen LogP contribution >= 0.6 is 11.3 Å². The molecule has 12 heteroatoms. The molecule has 0 fully saturated rings. The van der Waals surface area contributed by atoms with Gasteiger partial charge in [-0.1, -0.05) is 42.5 Å². The van der Waals surface area contributed by atoms with Gasteiger partial charge in [0, 0.05) is 24.2 Å². The number of aryl methyl sites for hydroxylation is 1. The number of aliphatic carboxylic acids is 1. The second-order valence-electron chi connectivity index (χ2n) is 9.24. The highest BCUT2D eigenvalue weighted by Crippen LogP contribution is 2.34. The van der Waals surface area contributed by atoms with Gasteiger partial charge in [0.15, 0.2) is 9.84 Å². The van der Waals surface area contributed by atoms with Crippen LogP contribution in [0.15, 0.2) is 83.8 Å². The van der Waals surface area contributed by atoms with Gasteiger partial charge in [-0.05, 0) is 65.6 Å². The van der Waals surface area contributed by atoms with Crippen LogP contribution in [0.3, 0.4) is 0 Å². The van der Waals surface area contributed by atoms with Crippen molar-refractivity contribution in [2.45, 2.75) is 31.1 Å². The quantitative estimate of drug-likeness (QED) is 0.194. The number of rotatable bonds is 7. The first-order chi connectivity index (χ1) is 19.3. The fraction of sp³-hybridized carbons (Fsp3) is 0.172. The molecule has 0 aliphatic heterocycles. The number of carboxylic acid groups (broad SMARTS) is 1. The third kappa shape index (κ3) is 7.81. The topological polar surface area (TPSA) is 112 Å². The van der Waals surface area contributed by atoms with Crippen molar-refractivity contribution in [3.8, 4) is 21.1 Å². The predicted octanol–water partition coefficient (Wildman–Crippen LogP) is 6.59. The fourth-order valence-electron chi connectivity index (χ4n) is 3.95. The van der Waals surface area contributed by atoms with Crippen molar-refractivity contribution >= 4 is 38.2 Å². The van der Waals surface area contributed by atoms with Crippen LogP contribution in [0.25, 0.3) is 32.2 Å². The second-order valence-corrected chi connectivity index (χ2v) is 12.3. The Morgan fingerprint density at radius 3 is 2.22 bits per heavy atom. The molecule has 0 atom stereocenters. The minimum Gasteiger partial charge on any atom is -0.475 e. The summed E-state index contributed by atoms with van der Waals surface area (Å²) in [4.78, 5) is 19.8. The summed E-state index contributed by atoms with van der Waals surface area (Å²) in [5.74, 6) is -1.85. The van der Waals surface area contributed by atoms with E-state index in [1.807, 2.05) is 18.2 Å². The summed E-state index contributed by atoms with van der Waals surface area (Å²) in [6.07, 6.45) is -3.86. The minimum absolute atomic E-state index is 0.344. The van der Waals surface area contributed by atoms with E-state index in [0.29, 0.717) is 11.4 Å². The van der Waals surface area contributed by atoms with Crippen molar-refractivity contribution in [1.29, 1.82) is 0 Å². The number of para-hydroxylation sites is 1. The largest absolute Gasteiger partial charge is 0.490 e. The third-order valence-corrected chi connectivity index (χ3v) is 8.29. The zero-order valence-electron chi connectivity index (χ0n) is 22.0. The van der Waals surface area contributed by atoms with E-state index in [2.05, 4.69) is 65.8 Å². The lowest BCUT2D eigenvalue weighted by atomic mass is 10.1. The molecule has 0 bridgehead atoms. The smallest absolute Gasteiger partial charge is 0.475 e. The molecule has 0 unspecified atom stereocenters. The van der Waals surface area contributed by atoms with Crippen molar-refractivity contribution in [3.05, 3.63) is 95.6 Å². The Morgan fingerprint density at radius 2 is 1.59 bits per heavy atom. The van der Waals surface area contributed by atoms with Gasteiger partial charge in [0.05, 0.1) is 20.8 Å². The zero-order valence-corrected chi connectivity index (χ0v) is 23.6. The molecule has 0 spiro atoms. The summed E-state index contributed by atoms with van der Waals surface area (Å²) in [6, 6.07) is 26.0. The molecule has 0 saturated heterocycles. The Bertz CT molecular complexity index is 1780. The third-order valence-electron chi connectivity index (χ3n) is 6.02. The van der Waals surface area contributed by atoms with Crippen LogP contribution in [0.4, 0.5) is 13.2 Å². The summed E-state index contributed by atoms with van der Waals surface area (Å²) >= 11 is 1.73. The lowest BCUT2D eigenvalue weighted by Gasteiger charge is -2.07. The molecule has 3 N–H and O–H groups in total. The van der Waals surface area contributed by atoms with E-state index < -0.39 is 22.0 Å². The van der Waals surface area contributed by atoms with E-state index in [1.165, 1.54) is 27.8 Å². The number of nitrogens with zero attached hydrogens (tertiary/aromatic N) is 1. The molecule has 7 nitrogen and oxygen atoms in total. The Hall–Kier alpha value is -4.00. The Labute approximate surface area is 238 Å². The highest BCUT2D eigenvalue weighted by molar-refractivity contribution is 7.90. The average Bonchev–Trinajstić information content (AvgIpc) is 3.57. The summed E-state index contributed by atoms with van der Waals surface area (Å²) in [7, 11) is -3.16. The van der Waals surface area contributed by atoms with Gasteiger partial charge in [-0.25, -0.2) is 18.2 Å². The van der Waals surface area contributed by atoms with E-state index >= 15 is 0 Å². The number of hydrogen-bond acceptors (Lipinski definition) is 6. The standard InChI is InChI=1S/C27H25N3O2S2.C2HF3O2/c1-18-5-3-8-23-26(18)30-27(29-23)25-14-13-24(33-25)21-7-4-6-20(15-21)17-28-16-19-9-11-22(12-10-19)34(2,31)32;3-2(4,5)1(6)7/h3-15,28H,16-17H2,1-2H3,(H,29,30);(H,6,7). The van der Waals surface area contributed by atoms with Crippen LogP contribution in [0.5, 0.6) is 0 Å². The van der Waals surface area contributed by atoms with Crippen LogP contribution in [-0.4, -0.2) is 41.9 Å². The van der Waals surface area contributed by atoms with Gasteiger partial charge in [0.1, 0.15) is 5.82 Å². The lowest BCUT2D eigenvalue weighted by molar-refractivity contribution is -0.192. The normalized spacial score (nSPS) is 11.7. The number of aromatic nitrogens is 2.